The Morgan fingerprint density at radius 1 is 1.14 bits per heavy atom. The van der Waals surface area contributed by atoms with Crippen molar-refractivity contribution in [3.05, 3.63) is 54.4 Å². The molecule has 0 aliphatic rings. The number of nitrogens with zero attached hydrogens (tertiary/aromatic N) is 2. The van der Waals surface area contributed by atoms with E-state index in [9.17, 15) is 4.79 Å². The molecule has 104 valence electrons. The standard InChI is InChI=1S/C16H13N3O2/c1-21-16-13-8-10(6-7-14(13)18-9-19-16)11-4-2-3-5-12(11)15(17)20/h2-9H,1H3,(H2,17,20). The minimum absolute atomic E-state index is 0.457. The van der Waals surface area contributed by atoms with Crippen LogP contribution >= 0.6 is 0 Å². The van der Waals surface area contributed by atoms with Gasteiger partial charge >= 0.3 is 0 Å². The smallest absolute Gasteiger partial charge is 0.249 e. The first-order valence-corrected chi connectivity index (χ1v) is 6.38. The lowest BCUT2D eigenvalue weighted by Gasteiger charge is -2.09. The van der Waals surface area contributed by atoms with E-state index < -0.39 is 5.91 Å². The number of hydrogen-bond acceptors (Lipinski definition) is 4. The molecule has 2 N–H and O–H groups in total. The summed E-state index contributed by atoms with van der Waals surface area (Å²) in [7, 11) is 1.56. The van der Waals surface area contributed by atoms with Gasteiger partial charge in [-0.15, -0.1) is 0 Å². The highest BCUT2D eigenvalue weighted by Gasteiger charge is 2.11. The molecule has 1 heterocycles. The van der Waals surface area contributed by atoms with Crippen LogP contribution in [-0.2, 0) is 0 Å². The largest absolute Gasteiger partial charge is 0.480 e. The van der Waals surface area contributed by atoms with Crippen LogP contribution in [0.4, 0.5) is 0 Å². The summed E-state index contributed by atoms with van der Waals surface area (Å²) in [5.74, 6) is 0.0420. The molecule has 21 heavy (non-hydrogen) atoms. The van der Waals surface area contributed by atoms with Crippen molar-refractivity contribution in [2.24, 2.45) is 5.73 Å². The van der Waals surface area contributed by atoms with E-state index in [1.807, 2.05) is 30.3 Å². The summed E-state index contributed by atoms with van der Waals surface area (Å²) in [5, 5.41) is 0.789. The van der Waals surface area contributed by atoms with Crippen molar-refractivity contribution >= 4 is 16.8 Å². The molecule has 0 aliphatic heterocycles. The van der Waals surface area contributed by atoms with Crippen molar-refractivity contribution in [2.75, 3.05) is 7.11 Å². The van der Waals surface area contributed by atoms with Crippen LogP contribution in [0, 0.1) is 0 Å². The Balaban J connectivity index is 2.25. The molecule has 0 atom stereocenters. The van der Waals surface area contributed by atoms with Crippen molar-refractivity contribution in [1.29, 1.82) is 0 Å². The second-order valence-corrected chi connectivity index (χ2v) is 4.52. The quantitative estimate of drug-likeness (QED) is 0.798. The number of ether oxygens (including phenoxy) is 1. The maximum atomic E-state index is 11.6. The normalized spacial score (nSPS) is 10.5. The molecular formula is C16H13N3O2. The monoisotopic (exact) mass is 279 g/mol. The van der Waals surface area contributed by atoms with Crippen LogP contribution in [0.3, 0.4) is 0 Å². The molecule has 3 aromatic rings. The Bertz CT molecular complexity index is 831. The van der Waals surface area contributed by atoms with Crippen molar-refractivity contribution in [3.8, 4) is 17.0 Å². The van der Waals surface area contributed by atoms with Crippen molar-refractivity contribution in [3.63, 3.8) is 0 Å². The van der Waals surface area contributed by atoms with E-state index >= 15 is 0 Å². The molecular weight excluding hydrogens is 266 g/mol. The van der Waals surface area contributed by atoms with Crippen LogP contribution in [0.2, 0.25) is 0 Å². The van der Waals surface area contributed by atoms with E-state index in [2.05, 4.69) is 9.97 Å². The zero-order valence-corrected chi connectivity index (χ0v) is 11.4. The molecule has 1 aromatic heterocycles. The Morgan fingerprint density at radius 3 is 2.71 bits per heavy atom. The maximum absolute atomic E-state index is 11.6. The van der Waals surface area contributed by atoms with Crippen LogP contribution in [0.15, 0.2) is 48.8 Å². The molecule has 0 fully saturated rings. The minimum Gasteiger partial charge on any atom is -0.480 e. The third-order valence-electron chi connectivity index (χ3n) is 3.30. The lowest BCUT2D eigenvalue weighted by Crippen LogP contribution is -2.12. The molecule has 0 bridgehead atoms. The molecule has 0 unspecified atom stereocenters. The third-order valence-corrected chi connectivity index (χ3v) is 3.30. The number of benzene rings is 2. The van der Waals surface area contributed by atoms with Gasteiger partial charge in [0, 0.05) is 5.56 Å². The number of nitrogens with two attached hydrogens (primary N) is 1. The number of primary amides is 1. The second kappa shape index (κ2) is 5.20. The Hall–Kier alpha value is -2.95. The number of carbonyl (C=O) groups is 1. The zero-order chi connectivity index (χ0) is 14.8. The van der Waals surface area contributed by atoms with Gasteiger partial charge in [-0.2, -0.15) is 0 Å². The van der Waals surface area contributed by atoms with Crippen LogP contribution < -0.4 is 10.5 Å². The topological polar surface area (TPSA) is 78.1 Å². The highest BCUT2D eigenvalue weighted by Crippen LogP contribution is 2.29. The van der Waals surface area contributed by atoms with Crippen molar-refractivity contribution < 1.29 is 9.53 Å². The first-order chi connectivity index (χ1) is 10.2. The summed E-state index contributed by atoms with van der Waals surface area (Å²) in [4.78, 5) is 19.8. The first-order valence-electron chi connectivity index (χ1n) is 6.38. The number of hydrogen-bond donors (Lipinski definition) is 1. The van der Waals surface area contributed by atoms with Gasteiger partial charge in [-0.1, -0.05) is 24.3 Å². The van der Waals surface area contributed by atoms with Crippen molar-refractivity contribution in [1.82, 2.24) is 9.97 Å². The predicted molar refractivity (Wildman–Crippen MR) is 80.0 cm³/mol. The number of rotatable bonds is 3. The lowest BCUT2D eigenvalue weighted by atomic mass is 9.98. The maximum Gasteiger partial charge on any atom is 0.249 e. The van der Waals surface area contributed by atoms with Gasteiger partial charge in [0.05, 0.1) is 18.0 Å². The van der Waals surface area contributed by atoms with Gasteiger partial charge in [0.2, 0.25) is 11.8 Å². The second-order valence-electron chi connectivity index (χ2n) is 4.52. The average Bonchev–Trinajstić information content (AvgIpc) is 2.53. The van der Waals surface area contributed by atoms with Crippen LogP contribution in [0.25, 0.3) is 22.0 Å². The van der Waals surface area contributed by atoms with Gasteiger partial charge in [0.25, 0.3) is 0 Å². The zero-order valence-electron chi connectivity index (χ0n) is 11.4. The van der Waals surface area contributed by atoms with Crippen LogP contribution in [0.5, 0.6) is 5.88 Å². The number of fused-ring (bicyclic) bond motifs is 1. The molecule has 0 saturated heterocycles. The van der Waals surface area contributed by atoms with Crippen molar-refractivity contribution in [2.45, 2.75) is 0 Å². The summed E-state index contributed by atoms with van der Waals surface area (Å²) in [5.41, 5.74) is 8.33. The van der Waals surface area contributed by atoms with Gasteiger partial charge in [-0.25, -0.2) is 9.97 Å². The Morgan fingerprint density at radius 2 is 1.95 bits per heavy atom. The Kier molecular flexibility index (Phi) is 3.23. The van der Waals surface area contributed by atoms with Crippen LogP contribution in [-0.4, -0.2) is 23.0 Å². The number of aromatic nitrogens is 2. The molecule has 0 spiro atoms. The molecule has 2 aromatic carbocycles. The Labute approximate surface area is 121 Å². The third kappa shape index (κ3) is 2.29. The van der Waals surface area contributed by atoms with E-state index in [1.165, 1.54) is 6.33 Å². The number of methoxy groups -OCH3 is 1. The number of carbonyl (C=O) groups excluding carboxylic acids is 1. The highest BCUT2D eigenvalue weighted by atomic mass is 16.5. The van der Waals surface area contributed by atoms with Gasteiger partial charge in [0.1, 0.15) is 6.33 Å². The van der Waals surface area contributed by atoms with E-state index in [-0.39, 0.29) is 0 Å². The van der Waals surface area contributed by atoms with Gasteiger partial charge in [-0.3, -0.25) is 4.79 Å². The summed E-state index contributed by atoms with van der Waals surface area (Å²) in [6.45, 7) is 0. The van der Waals surface area contributed by atoms with E-state index in [4.69, 9.17) is 10.5 Å². The molecule has 5 heteroatoms. The molecule has 0 radical (unpaired) electrons. The fraction of sp³-hybridized carbons (Fsp3) is 0.0625. The fourth-order valence-corrected chi connectivity index (χ4v) is 2.31. The molecule has 3 rings (SSSR count). The van der Waals surface area contributed by atoms with Gasteiger partial charge < -0.3 is 10.5 Å². The summed E-state index contributed by atoms with van der Waals surface area (Å²) < 4.78 is 5.25. The van der Waals surface area contributed by atoms with Gasteiger partial charge in [0.15, 0.2) is 0 Å². The predicted octanol–water partition coefficient (Wildman–Crippen LogP) is 2.40. The average molecular weight is 279 g/mol. The summed E-state index contributed by atoms with van der Waals surface area (Å²) in [6, 6.07) is 12.9. The minimum atomic E-state index is -0.457. The fourth-order valence-electron chi connectivity index (χ4n) is 2.31. The molecule has 5 nitrogen and oxygen atoms in total. The van der Waals surface area contributed by atoms with E-state index in [1.54, 1.807) is 19.2 Å². The first kappa shape index (κ1) is 13.1. The van der Waals surface area contributed by atoms with Crippen LogP contribution in [0.1, 0.15) is 10.4 Å². The molecule has 0 aliphatic carbocycles. The lowest BCUT2D eigenvalue weighted by molar-refractivity contribution is 0.100. The molecule has 1 amide bonds. The SMILES string of the molecule is COc1ncnc2ccc(-c3ccccc3C(N)=O)cc12. The number of amides is 1. The van der Waals surface area contributed by atoms with E-state index in [0.29, 0.717) is 11.4 Å². The van der Waals surface area contributed by atoms with Gasteiger partial charge in [-0.05, 0) is 29.3 Å². The van der Waals surface area contributed by atoms with E-state index in [0.717, 1.165) is 22.0 Å². The highest BCUT2D eigenvalue weighted by molar-refractivity contribution is 6.01. The molecule has 0 saturated carbocycles. The summed E-state index contributed by atoms with van der Waals surface area (Å²) >= 11 is 0. The summed E-state index contributed by atoms with van der Waals surface area (Å²) in [6.07, 6.45) is 1.46.